The molecule has 1 fully saturated rings. The summed E-state index contributed by atoms with van der Waals surface area (Å²) in [5, 5.41) is 2.93. The number of carbonyl (C=O) groups excluding carboxylic acids is 2. The van der Waals surface area contributed by atoms with E-state index in [1.165, 1.54) is 12.8 Å². The number of benzene rings is 1. The fraction of sp³-hybridized carbons (Fsp3) is 0.556. The molecule has 1 aromatic rings. The summed E-state index contributed by atoms with van der Waals surface area (Å²) in [6.07, 6.45) is 4.52. The molecule has 1 N–H and O–H groups in total. The number of nitrogens with zero attached hydrogens (tertiary/aromatic N) is 1. The van der Waals surface area contributed by atoms with E-state index in [4.69, 9.17) is 0 Å². The average molecular weight is 302 g/mol. The lowest BCUT2D eigenvalue weighted by Gasteiger charge is -2.22. The minimum Gasteiger partial charge on any atom is -0.347 e. The molecule has 120 valence electrons. The third kappa shape index (κ3) is 4.58. The highest BCUT2D eigenvalue weighted by atomic mass is 16.2. The third-order valence-corrected chi connectivity index (χ3v) is 3.75. The maximum Gasteiger partial charge on any atom is 0.253 e. The molecule has 0 unspecified atom stereocenters. The minimum absolute atomic E-state index is 0.0345. The molecule has 0 spiro atoms. The Morgan fingerprint density at radius 2 is 1.59 bits per heavy atom. The number of hydrogen-bond acceptors (Lipinski definition) is 2. The number of rotatable bonds is 2. The molecule has 2 amide bonds. The van der Waals surface area contributed by atoms with Gasteiger partial charge in [0.05, 0.1) is 0 Å². The second kappa shape index (κ2) is 6.95. The van der Waals surface area contributed by atoms with Crippen molar-refractivity contribution in [1.82, 2.24) is 10.2 Å². The van der Waals surface area contributed by atoms with Crippen LogP contribution in [0.2, 0.25) is 0 Å². The summed E-state index contributed by atoms with van der Waals surface area (Å²) < 4.78 is 0. The Kier molecular flexibility index (Phi) is 5.22. The Labute approximate surface area is 132 Å². The molecular weight excluding hydrogens is 276 g/mol. The zero-order valence-corrected chi connectivity index (χ0v) is 13.8. The second-order valence-electron chi connectivity index (χ2n) is 6.99. The Hall–Kier alpha value is -1.84. The van der Waals surface area contributed by atoms with Crippen molar-refractivity contribution < 1.29 is 9.59 Å². The van der Waals surface area contributed by atoms with E-state index in [0.29, 0.717) is 11.1 Å². The Morgan fingerprint density at radius 1 is 1.00 bits per heavy atom. The van der Waals surface area contributed by atoms with E-state index in [2.05, 4.69) is 5.32 Å². The molecule has 22 heavy (non-hydrogen) atoms. The second-order valence-corrected chi connectivity index (χ2v) is 6.99. The van der Waals surface area contributed by atoms with Crippen LogP contribution in [0.4, 0.5) is 0 Å². The van der Waals surface area contributed by atoms with Gasteiger partial charge in [-0.15, -0.1) is 0 Å². The van der Waals surface area contributed by atoms with Gasteiger partial charge in [-0.1, -0.05) is 18.9 Å². The van der Waals surface area contributed by atoms with E-state index in [9.17, 15) is 9.59 Å². The summed E-state index contributed by atoms with van der Waals surface area (Å²) in [6.45, 7) is 7.46. The third-order valence-electron chi connectivity index (χ3n) is 3.75. The monoisotopic (exact) mass is 302 g/mol. The van der Waals surface area contributed by atoms with Crippen molar-refractivity contribution in [1.29, 1.82) is 0 Å². The smallest absolute Gasteiger partial charge is 0.253 e. The van der Waals surface area contributed by atoms with Crippen LogP contribution in [0.25, 0.3) is 0 Å². The molecule has 1 heterocycles. The zero-order valence-electron chi connectivity index (χ0n) is 13.8. The molecule has 0 atom stereocenters. The summed E-state index contributed by atoms with van der Waals surface area (Å²) >= 11 is 0. The van der Waals surface area contributed by atoms with Crippen molar-refractivity contribution >= 4 is 11.8 Å². The van der Waals surface area contributed by atoms with Gasteiger partial charge in [0.15, 0.2) is 0 Å². The maximum absolute atomic E-state index is 12.6. The predicted molar refractivity (Wildman–Crippen MR) is 88.0 cm³/mol. The quantitative estimate of drug-likeness (QED) is 0.912. The SMILES string of the molecule is CC(C)(C)NC(=O)c1cccc(C(=O)N2CCCCCC2)c1. The van der Waals surface area contributed by atoms with Gasteiger partial charge in [0, 0.05) is 29.8 Å². The molecule has 0 saturated carbocycles. The highest BCUT2D eigenvalue weighted by Crippen LogP contribution is 2.15. The normalized spacial score (nSPS) is 16.0. The van der Waals surface area contributed by atoms with Crippen LogP contribution in [0.3, 0.4) is 0 Å². The molecule has 4 heteroatoms. The highest BCUT2D eigenvalue weighted by Gasteiger charge is 2.20. The number of likely N-dealkylation sites (tertiary alicyclic amines) is 1. The highest BCUT2D eigenvalue weighted by molar-refractivity contribution is 5.99. The molecule has 1 saturated heterocycles. The van der Waals surface area contributed by atoms with Gasteiger partial charge < -0.3 is 10.2 Å². The van der Waals surface area contributed by atoms with E-state index in [0.717, 1.165) is 25.9 Å². The summed E-state index contributed by atoms with van der Waals surface area (Å²) in [6, 6.07) is 7.03. The van der Waals surface area contributed by atoms with Gasteiger partial charge in [-0.25, -0.2) is 0 Å². The van der Waals surface area contributed by atoms with Crippen molar-refractivity contribution in [2.75, 3.05) is 13.1 Å². The van der Waals surface area contributed by atoms with Crippen LogP contribution in [0.15, 0.2) is 24.3 Å². The fourth-order valence-corrected chi connectivity index (χ4v) is 2.66. The van der Waals surface area contributed by atoms with Crippen LogP contribution in [0.1, 0.15) is 67.2 Å². The predicted octanol–water partition coefficient (Wildman–Crippen LogP) is 3.23. The maximum atomic E-state index is 12.6. The first kappa shape index (κ1) is 16.5. The lowest BCUT2D eigenvalue weighted by atomic mass is 10.1. The molecule has 1 aromatic carbocycles. The van der Waals surface area contributed by atoms with E-state index < -0.39 is 0 Å². The average Bonchev–Trinajstić information content (AvgIpc) is 2.74. The molecule has 1 aliphatic rings. The van der Waals surface area contributed by atoms with Gasteiger partial charge in [-0.05, 0) is 51.8 Å². The molecule has 0 aliphatic carbocycles. The molecular formula is C18H26N2O2. The van der Waals surface area contributed by atoms with Gasteiger partial charge in [0.25, 0.3) is 11.8 Å². The van der Waals surface area contributed by atoms with E-state index in [1.54, 1.807) is 24.3 Å². The topological polar surface area (TPSA) is 49.4 Å². The van der Waals surface area contributed by atoms with E-state index in [-0.39, 0.29) is 17.4 Å². The van der Waals surface area contributed by atoms with Gasteiger partial charge in [-0.3, -0.25) is 9.59 Å². The lowest BCUT2D eigenvalue weighted by molar-refractivity contribution is 0.0761. The van der Waals surface area contributed by atoms with Crippen LogP contribution >= 0.6 is 0 Å². The van der Waals surface area contributed by atoms with E-state index >= 15 is 0 Å². The Balaban J connectivity index is 2.13. The molecule has 0 radical (unpaired) electrons. The van der Waals surface area contributed by atoms with Gasteiger partial charge in [0.1, 0.15) is 0 Å². The zero-order chi connectivity index (χ0) is 16.2. The van der Waals surface area contributed by atoms with Gasteiger partial charge >= 0.3 is 0 Å². The van der Waals surface area contributed by atoms with Crippen molar-refractivity contribution in [3.05, 3.63) is 35.4 Å². The number of carbonyl (C=O) groups is 2. The van der Waals surface area contributed by atoms with Crippen LogP contribution in [0, 0.1) is 0 Å². The molecule has 2 rings (SSSR count). The molecule has 1 aliphatic heterocycles. The fourth-order valence-electron chi connectivity index (χ4n) is 2.66. The number of hydrogen-bond donors (Lipinski definition) is 1. The van der Waals surface area contributed by atoms with Crippen molar-refractivity contribution in [3.8, 4) is 0 Å². The Bertz CT molecular complexity index is 538. The van der Waals surface area contributed by atoms with Crippen molar-refractivity contribution in [2.24, 2.45) is 0 Å². The van der Waals surface area contributed by atoms with Crippen molar-refractivity contribution in [2.45, 2.75) is 52.0 Å². The van der Waals surface area contributed by atoms with Gasteiger partial charge in [0.2, 0.25) is 0 Å². The summed E-state index contributed by atoms with van der Waals surface area (Å²) in [7, 11) is 0. The standard InChI is InChI=1S/C18H26N2O2/c1-18(2,3)19-16(21)14-9-8-10-15(13-14)17(22)20-11-6-4-5-7-12-20/h8-10,13H,4-7,11-12H2,1-3H3,(H,19,21). The van der Waals surface area contributed by atoms with Crippen molar-refractivity contribution in [3.63, 3.8) is 0 Å². The summed E-state index contributed by atoms with van der Waals surface area (Å²) in [5.41, 5.74) is 0.848. The van der Waals surface area contributed by atoms with Crippen LogP contribution in [-0.4, -0.2) is 35.3 Å². The molecule has 0 aromatic heterocycles. The summed E-state index contributed by atoms with van der Waals surface area (Å²) in [5.74, 6) is -0.106. The summed E-state index contributed by atoms with van der Waals surface area (Å²) in [4.78, 5) is 26.7. The first-order chi connectivity index (χ1) is 10.4. The number of nitrogens with one attached hydrogen (secondary N) is 1. The largest absolute Gasteiger partial charge is 0.347 e. The minimum atomic E-state index is -0.290. The first-order valence-electron chi connectivity index (χ1n) is 8.09. The van der Waals surface area contributed by atoms with Crippen LogP contribution < -0.4 is 5.32 Å². The van der Waals surface area contributed by atoms with Gasteiger partial charge in [-0.2, -0.15) is 0 Å². The molecule has 0 bridgehead atoms. The Morgan fingerprint density at radius 3 is 2.18 bits per heavy atom. The van der Waals surface area contributed by atoms with E-state index in [1.807, 2.05) is 25.7 Å². The lowest BCUT2D eigenvalue weighted by Crippen LogP contribution is -2.40. The van der Waals surface area contributed by atoms with Crippen LogP contribution in [-0.2, 0) is 0 Å². The van der Waals surface area contributed by atoms with Crippen LogP contribution in [0.5, 0.6) is 0 Å². The first-order valence-corrected chi connectivity index (χ1v) is 8.09. The number of amides is 2. The molecule has 4 nitrogen and oxygen atoms in total.